The first-order chi connectivity index (χ1) is 9.15. The van der Waals surface area contributed by atoms with Crippen LogP contribution in [0, 0.1) is 6.92 Å². The molecule has 5 nitrogen and oxygen atoms in total. The van der Waals surface area contributed by atoms with Crippen molar-refractivity contribution in [1.82, 2.24) is 9.97 Å². The number of aryl methyl sites for hydroxylation is 1. The van der Waals surface area contributed by atoms with Crippen LogP contribution in [0.15, 0.2) is 42.4 Å². The SMILES string of the molecule is Cc1cccc(NC2=CC(=O)c3nc[nH]c3C2=O)c1. The summed E-state index contributed by atoms with van der Waals surface area (Å²) in [6.45, 7) is 1.96. The van der Waals surface area contributed by atoms with Crippen molar-refractivity contribution >= 4 is 17.3 Å². The fourth-order valence-corrected chi connectivity index (χ4v) is 2.03. The number of benzene rings is 1. The van der Waals surface area contributed by atoms with Gasteiger partial charge in [-0.15, -0.1) is 0 Å². The van der Waals surface area contributed by atoms with Crippen LogP contribution in [0.1, 0.15) is 26.5 Å². The standard InChI is InChI=1S/C14H11N3O2/c1-8-3-2-4-9(5-8)17-10-6-11(18)12-13(14(10)19)16-7-15-12/h2-7,17H,1H3,(H,15,16). The van der Waals surface area contributed by atoms with E-state index in [4.69, 9.17) is 0 Å². The Kier molecular flexibility index (Phi) is 2.52. The van der Waals surface area contributed by atoms with E-state index in [-0.39, 0.29) is 28.7 Å². The Morgan fingerprint density at radius 2 is 2.11 bits per heavy atom. The topological polar surface area (TPSA) is 74.8 Å². The first kappa shape index (κ1) is 11.4. The van der Waals surface area contributed by atoms with Crippen LogP contribution in [-0.4, -0.2) is 21.5 Å². The Morgan fingerprint density at radius 3 is 2.89 bits per heavy atom. The van der Waals surface area contributed by atoms with Gasteiger partial charge in [-0.2, -0.15) is 0 Å². The molecule has 0 atom stereocenters. The Hall–Kier alpha value is -2.69. The molecule has 94 valence electrons. The van der Waals surface area contributed by atoms with Crippen molar-refractivity contribution < 1.29 is 9.59 Å². The zero-order valence-electron chi connectivity index (χ0n) is 10.2. The molecule has 5 heteroatoms. The van der Waals surface area contributed by atoms with Crippen LogP contribution < -0.4 is 5.32 Å². The predicted molar refractivity (Wildman–Crippen MR) is 70.1 cm³/mol. The second kappa shape index (κ2) is 4.20. The third kappa shape index (κ3) is 1.95. The van der Waals surface area contributed by atoms with Crippen LogP contribution in [0.2, 0.25) is 0 Å². The molecule has 0 saturated carbocycles. The van der Waals surface area contributed by atoms with E-state index < -0.39 is 0 Å². The maximum Gasteiger partial charge on any atom is 0.227 e. The average molecular weight is 253 g/mol. The van der Waals surface area contributed by atoms with Gasteiger partial charge in [-0.05, 0) is 24.6 Å². The number of allylic oxidation sites excluding steroid dienone is 2. The molecule has 2 aromatic rings. The lowest BCUT2D eigenvalue weighted by Gasteiger charge is -2.13. The summed E-state index contributed by atoms with van der Waals surface area (Å²) in [5.41, 5.74) is 2.52. The lowest BCUT2D eigenvalue weighted by Crippen LogP contribution is -2.21. The van der Waals surface area contributed by atoms with E-state index in [0.29, 0.717) is 0 Å². The molecule has 0 amide bonds. The molecule has 1 heterocycles. The van der Waals surface area contributed by atoms with Crippen LogP contribution in [0.3, 0.4) is 0 Å². The van der Waals surface area contributed by atoms with Crippen LogP contribution in [0.4, 0.5) is 5.69 Å². The molecular formula is C14H11N3O2. The second-order valence-electron chi connectivity index (χ2n) is 4.37. The maximum atomic E-state index is 12.2. The third-order valence-electron chi connectivity index (χ3n) is 2.92. The molecule has 1 aromatic heterocycles. The number of Topliss-reactive ketones (excluding diaryl/α,β-unsaturated/α-hetero) is 1. The van der Waals surface area contributed by atoms with Crippen molar-refractivity contribution in [3.63, 3.8) is 0 Å². The van der Waals surface area contributed by atoms with Gasteiger partial charge in [0.05, 0.1) is 12.0 Å². The van der Waals surface area contributed by atoms with Gasteiger partial charge in [0, 0.05) is 11.8 Å². The quantitative estimate of drug-likeness (QED) is 0.859. The number of carbonyl (C=O) groups excluding carboxylic acids is 2. The van der Waals surface area contributed by atoms with Gasteiger partial charge in [-0.1, -0.05) is 12.1 Å². The van der Waals surface area contributed by atoms with Gasteiger partial charge in [0.1, 0.15) is 11.4 Å². The van der Waals surface area contributed by atoms with Crippen LogP contribution in [0.25, 0.3) is 0 Å². The number of nitrogens with zero attached hydrogens (tertiary/aromatic N) is 1. The van der Waals surface area contributed by atoms with Crippen molar-refractivity contribution in [1.29, 1.82) is 0 Å². The number of aromatic nitrogens is 2. The number of nitrogens with one attached hydrogen (secondary N) is 2. The summed E-state index contributed by atoms with van der Waals surface area (Å²) in [6, 6.07) is 7.59. The maximum absolute atomic E-state index is 12.2. The number of anilines is 1. The largest absolute Gasteiger partial charge is 0.352 e. The molecule has 0 saturated heterocycles. The summed E-state index contributed by atoms with van der Waals surface area (Å²) < 4.78 is 0. The summed E-state index contributed by atoms with van der Waals surface area (Å²) in [5.74, 6) is -0.528. The highest BCUT2D eigenvalue weighted by molar-refractivity contribution is 6.23. The predicted octanol–water partition coefficient (Wildman–Crippen LogP) is 2.09. The van der Waals surface area contributed by atoms with Crippen molar-refractivity contribution in [3.8, 4) is 0 Å². The van der Waals surface area contributed by atoms with Gasteiger partial charge < -0.3 is 10.3 Å². The first-order valence-electron chi connectivity index (χ1n) is 5.83. The van der Waals surface area contributed by atoms with Crippen molar-refractivity contribution in [3.05, 3.63) is 59.3 Å². The number of imidazole rings is 1. The number of aromatic amines is 1. The van der Waals surface area contributed by atoms with Crippen molar-refractivity contribution in [2.75, 3.05) is 5.32 Å². The molecule has 0 bridgehead atoms. The highest BCUT2D eigenvalue weighted by Gasteiger charge is 2.28. The average Bonchev–Trinajstić information content (AvgIpc) is 2.85. The summed E-state index contributed by atoms with van der Waals surface area (Å²) in [7, 11) is 0. The smallest absolute Gasteiger partial charge is 0.227 e. The fourth-order valence-electron chi connectivity index (χ4n) is 2.03. The molecular weight excluding hydrogens is 242 g/mol. The van der Waals surface area contributed by atoms with Gasteiger partial charge in [-0.25, -0.2) is 4.98 Å². The summed E-state index contributed by atoms with van der Waals surface area (Å²) >= 11 is 0. The number of hydrogen-bond donors (Lipinski definition) is 2. The summed E-state index contributed by atoms with van der Waals surface area (Å²) in [6.07, 6.45) is 2.64. The van der Waals surface area contributed by atoms with Gasteiger partial charge >= 0.3 is 0 Å². The molecule has 0 aliphatic heterocycles. The first-order valence-corrected chi connectivity index (χ1v) is 5.83. The lowest BCUT2D eigenvalue weighted by atomic mass is 10.0. The Bertz CT molecular complexity index is 713. The highest BCUT2D eigenvalue weighted by Crippen LogP contribution is 2.20. The minimum Gasteiger partial charge on any atom is -0.352 e. The van der Waals surface area contributed by atoms with E-state index in [1.807, 2.05) is 31.2 Å². The molecule has 3 rings (SSSR count). The van der Waals surface area contributed by atoms with E-state index in [0.717, 1.165) is 11.3 Å². The van der Waals surface area contributed by atoms with E-state index in [1.54, 1.807) is 0 Å². The van der Waals surface area contributed by atoms with E-state index in [9.17, 15) is 9.59 Å². The normalized spacial score (nSPS) is 14.1. The molecule has 0 fully saturated rings. The third-order valence-corrected chi connectivity index (χ3v) is 2.92. The van der Waals surface area contributed by atoms with Gasteiger partial charge in [0.25, 0.3) is 0 Å². The van der Waals surface area contributed by atoms with Crippen LogP contribution >= 0.6 is 0 Å². The Balaban J connectivity index is 1.94. The zero-order chi connectivity index (χ0) is 13.4. The molecule has 0 spiro atoms. The molecule has 2 N–H and O–H groups in total. The minimum absolute atomic E-state index is 0.180. The number of rotatable bonds is 2. The highest BCUT2D eigenvalue weighted by atomic mass is 16.1. The molecule has 0 radical (unpaired) electrons. The fraction of sp³-hybridized carbons (Fsp3) is 0.0714. The van der Waals surface area contributed by atoms with Gasteiger partial charge in [0.15, 0.2) is 0 Å². The summed E-state index contributed by atoms with van der Waals surface area (Å²) in [5, 5.41) is 2.98. The van der Waals surface area contributed by atoms with Gasteiger partial charge in [0.2, 0.25) is 11.6 Å². The zero-order valence-corrected chi connectivity index (χ0v) is 10.2. The Morgan fingerprint density at radius 1 is 1.26 bits per heavy atom. The second-order valence-corrected chi connectivity index (χ2v) is 4.37. The monoisotopic (exact) mass is 253 g/mol. The van der Waals surface area contributed by atoms with Crippen molar-refractivity contribution in [2.45, 2.75) is 6.92 Å². The van der Waals surface area contributed by atoms with Gasteiger partial charge in [-0.3, -0.25) is 9.59 Å². The molecule has 1 aliphatic rings. The lowest BCUT2D eigenvalue weighted by molar-refractivity contribution is 0.0980. The van der Waals surface area contributed by atoms with Crippen LogP contribution in [0.5, 0.6) is 0 Å². The van der Waals surface area contributed by atoms with Crippen molar-refractivity contribution in [2.24, 2.45) is 0 Å². The number of H-pyrrole nitrogens is 1. The number of ketones is 2. The number of hydrogen-bond acceptors (Lipinski definition) is 4. The molecule has 0 unspecified atom stereocenters. The molecule has 1 aliphatic carbocycles. The number of carbonyl (C=O) groups is 2. The van der Waals surface area contributed by atoms with E-state index in [1.165, 1.54) is 12.4 Å². The van der Waals surface area contributed by atoms with E-state index >= 15 is 0 Å². The minimum atomic E-state index is -0.272. The Labute approximate surface area is 109 Å². The molecule has 1 aromatic carbocycles. The number of fused-ring (bicyclic) bond motifs is 1. The molecule has 19 heavy (non-hydrogen) atoms. The summed E-state index contributed by atoms with van der Waals surface area (Å²) in [4.78, 5) is 30.5. The van der Waals surface area contributed by atoms with E-state index in [2.05, 4.69) is 15.3 Å². The van der Waals surface area contributed by atoms with Crippen LogP contribution in [-0.2, 0) is 0 Å².